The average Bonchev–Trinajstić information content (AvgIpc) is 3.47. The standard InChI is InChI=1S/C24H28N4O2/c1-16(23-25-15-26-28-23)24(30)27-21-11-8-17(9-12-21)13-18-7-10-20(14-18)22(29)19-5-3-2-4-6-19/h2-6,8-9,11-12,15-16,18,20,22,29H,7,10,13-14H2,1H3,(H,27,30)(H,25,26,28)/t16?,18-,20-,22+/m0/s1. The Labute approximate surface area is 176 Å². The number of hydrogen-bond donors (Lipinski definition) is 3. The van der Waals surface area contributed by atoms with Crippen LogP contribution in [-0.2, 0) is 11.2 Å². The van der Waals surface area contributed by atoms with Gasteiger partial charge in [0.2, 0.25) is 5.91 Å². The summed E-state index contributed by atoms with van der Waals surface area (Å²) in [6.07, 6.45) is 5.28. The van der Waals surface area contributed by atoms with Crippen LogP contribution in [0.5, 0.6) is 0 Å². The van der Waals surface area contributed by atoms with Crippen LogP contribution in [0.3, 0.4) is 0 Å². The van der Waals surface area contributed by atoms with E-state index >= 15 is 0 Å². The maximum Gasteiger partial charge on any atom is 0.234 e. The molecule has 3 N–H and O–H groups in total. The topological polar surface area (TPSA) is 90.9 Å². The van der Waals surface area contributed by atoms with Gasteiger partial charge in [-0.15, -0.1) is 0 Å². The van der Waals surface area contributed by atoms with E-state index in [1.54, 1.807) is 6.92 Å². The Bertz CT molecular complexity index is 941. The van der Waals surface area contributed by atoms with Crippen LogP contribution >= 0.6 is 0 Å². The molecule has 156 valence electrons. The van der Waals surface area contributed by atoms with Gasteiger partial charge < -0.3 is 10.4 Å². The van der Waals surface area contributed by atoms with Gasteiger partial charge in [0.1, 0.15) is 12.2 Å². The molecule has 2 aromatic carbocycles. The summed E-state index contributed by atoms with van der Waals surface area (Å²) in [7, 11) is 0. The molecule has 1 heterocycles. The molecule has 1 saturated carbocycles. The number of nitrogens with one attached hydrogen (secondary N) is 2. The van der Waals surface area contributed by atoms with Gasteiger partial charge in [0, 0.05) is 5.69 Å². The van der Waals surface area contributed by atoms with Crippen molar-refractivity contribution in [2.75, 3.05) is 5.32 Å². The number of rotatable bonds is 7. The van der Waals surface area contributed by atoms with Gasteiger partial charge in [0.25, 0.3) is 0 Å². The minimum atomic E-state index is -0.390. The van der Waals surface area contributed by atoms with Crippen molar-refractivity contribution in [3.8, 4) is 0 Å². The van der Waals surface area contributed by atoms with Crippen LogP contribution in [-0.4, -0.2) is 26.2 Å². The Morgan fingerprint density at radius 3 is 2.63 bits per heavy atom. The Morgan fingerprint density at radius 2 is 1.93 bits per heavy atom. The van der Waals surface area contributed by atoms with Gasteiger partial charge in [-0.05, 0) is 67.7 Å². The lowest BCUT2D eigenvalue weighted by Gasteiger charge is -2.19. The molecule has 4 atom stereocenters. The molecule has 1 amide bonds. The van der Waals surface area contributed by atoms with Crippen LogP contribution in [0, 0.1) is 11.8 Å². The molecular formula is C24H28N4O2. The minimum absolute atomic E-state index is 0.118. The van der Waals surface area contributed by atoms with Crippen LogP contribution in [0.15, 0.2) is 60.9 Å². The van der Waals surface area contributed by atoms with E-state index in [4.69, 9.17) is 0 Å². The van der Waals surface area contributed by atoms with Crippen LogP contribution in [0.25, 0.3) is 0 Å². The number of aromatic amines is 1. The highest BCUT2D eigenvalue weighted by Crippen LogP contribution is 2.40. The first-order valence-corrected chi connectivity index (χ1v) is 10.6. The van der Waals surface area contributed by atoms with Gasteiger partial charge in [0.05, 0.1) is 12.0 Å². The van der Waals surface area contributed by atoms with E-state index in [1.807, 2.05) is 42.5 Å². The highest BCUT2D eigenvalue weighted by molar-refractivity contribution is 5.95. The van der Waals surface area contributed by atoms with E-state index in [2.05, 4.69) is 32.6 Å². The van der Waals surface area contributed by atoms with Gasteiger partial charge in [-0.3, -0.25) is 9.89 Å². The molecule has 6 heteroatoms. The van der Waals surface area contributed by atoms with E-state index < -0.39 is 5.92 Å². The zero-order valence-corrected chi connectivity index (χ0v) is 17.2. The lowest BCUT2D eigenvalue weighted by Crippen LogP contribution is -2.19. The van der Waals surface area contributed by atoms with E-state index in [9.17, 15) is 9.90 Å². The van der Waals surface area contributed by atoms with Gasteiger partial charge in [-0.25, -0.2) is 4.98 Å². The first kappa shape index (κ1) is 20.3. The fraction of sp³-hybridized carbons (Fsp3) is 0.375. The number of hydrogen-bond acceptors (Lipinski definition) is 4. The quantitative estimate of drug-likeness (QED) is 0.549. The molecule has 1 fully saturated rings. The molecule has 0 aliphatic heterocycles. The third kappa shape index (κ3) is 4.76. The van der Waals surface area contributed by atoms with E-state index in [1.165, 1.54) is 11.9 Å². The highest BCUT2D eigenvalue weighted by Gasteiger charge is 2.30. The SMILES string of the molecule is CC(C(=O)Nc1ccc(C[C@@H]2CC[C@H]([C@H](O)c3ccccc3)C2)cc1)c1ncn[nH]1. The van der Waals surface area contributed by atoms with Crippen molar-refractivity contribution in [1.82, 2.24) is 15.2 Å². The number of benzene rings is 2. The first-order chi connectivity index (χ1) is 14.6. The Hall–Kier alpha value is -2.99. The number of H-pyrrole nitrogens is 1. The Kier molecular flexibility index (Phi) is 6.23. The van der Waals surface area contributed by atoms with Crippen LogP contribution in [0.4, 0.5) is 5.69 Å². The van der Waals surface area contributed by atoms with E-state index in [0.29, 0.717) is 17.7 Å². The van der Waals surface area contributed by atoms with Crippen LogP contribution in [0.1, 0.15) is 55.2 Å². The average molecular weight is 405 g/mol. The highest BCUT2D eigenvalue weighted by atomic mass is 16.3. The summed E-state index contributed by atoms with van der Waals surface area (Å²) >= 11 is 0. The van der Waals surface area contributed by atoms with Crippen molar-refractivity contribution in [3.63, 3.8) is 0 Å². The number of aromatic nitrogens is 3. The van der Waals surface area contributed by atoms with Crippen molar-refractivity contribution < 1.29 is 9.90 Å². The van der Waals surface area contributed by atoms with E-state index in [-0.39, 0.29) is 12.0 Å². The normalized spacial score (nSPS) is 20.6. The Morgan fingerprint density at radius 1 is 1.17 bits per heavy atom. The fourth-order valence-electron chi connectivity index (χ4n) is 4.36. The van der Waals surface area contributed by atoms with Crippen molar-refractivity contribution in [2.24, 2.45) is 11.8 Å². The predicted octanol–water partition coefficient (Wildman–Crippen LogP) is 4.24. The molecular weight excluding hydrogens is 376 g/mol. The summed E-state index contributed by atoms with van der Waals surface area (Å²) < 4.78 is 0. The zero-order valence-electron chi connectivity index (χ0n) is 17.2. The lowest BCUT2D eigenvalue weighted by atomic mass is 9.91. The van der Waals surface area contributed by atoms with Gasteiger partial charge in [-0.2, -0.15) is 5.10 Å². The summed E-state index contributed by atoms with van der Waals surface area (Å²) in [5, 5.41) is 20.1. The molecule has 3 aromatic rings. The molecule has 4 rings (SSSR count). The number of amides is 1. The number of carbonyl (C=O) groups is 1. The largest absolute Gasteiger partial charge is 0.388 e. The predicted molar refractivity (Wildman–Crippen MR) is 116 cm³/mol. The van der Waals surface area contributed by atoms with Gasteiger partial charge >= 0.3 is 0 Å². The summed E-state index contributed by atoms with van der Waals surface area (Å²) in [5.74, 6) is 0.957. The van der Waals surface area contributed by atoms with Gasteiger partial charge in [0.15, 0.2) is 0 Å². The maximum absolute atomic E-state index is 12.4. The van der Waals surface area contributed by atoms with Crippen molar-refractivity contribution >= 4 is 11.6 Å². The molecule has 1 unspecified atom stereocenters. The number of aliphatic hydroxyl groups excluding tert-OH is 1. The van der Waals surface area contributed by atoms with Crippen molar-refractivity contribution in [3.05, 3.63) is 77.9 Å². The number of aliphatic hydroxyl groups is 1. The minimum Gasteiger partial charge on any atom is -0.388 e. The number of anilines is 1. The van der Waals surface area contributed by atoms with Gasteiger partial charge in [-0.1, -0.05) is 42.5 Å². The molecule has 0 spiro atoms. The molecule has 1 aromatic heterocycles. The summed E-state index contributed by atoms with van der Waals surface area (Å²) in [6, 6.07) is 18.0. The van der Waals surface area contributed by atoms with Crippen LogP contribution in [0.2, 0.25) is 0 Å². The summed E-state index contributed by atoms with van der Waals surface area (Å²) in [5.41, 5.74) is 3.05. The second-order valence-corrected chi connectivity index (χ2v) is 8.28. The van der Waals surface area contributed by atoms with Crippen molar-refractivity contribution in [1.29, 1.82) is 0 Å². The number of nitrogens with zero attached hydrogens (tertiary/aromatic N) is 2. The summed E-state index contributed by atoms with van der Waals surface area (Å²) in [4.78, 5) is 16.4. The molecule has 1 aliphatic rings. The second-order valence-electron chi connectivity index (χ2n) is 8.28. The fourth-order valence-corrected chi connectivity index (χ4v) is 4.36. The molecule has 30 heavy (non-hydrogen) atoms. The first-order valence-electron chi connectivity index (χ1n) is 10.6. The Balaban J connectivity index is 1.29. The molecule has 6 nitrogen and oxygen atoms in total. The molecule has 1 aliphatic carbocycles. The third-order valence-corrected chi connectivity index (χ3v) is 6.15. The number of carbonyl (C=O) groups excluding carboxylic acids is 1. The smallest absolute Gasteiger partial charge is 0.234 e. The zero-order chi connectivity index (χ0) is 20.9. The van der Waals surface area contributed by atoms with Crippen molar-refractivity contribution in [2.45, 2.75) is 44.6 Å². The third-order valence-electron chi connectivity index (χ3n) is 6.15. The second kappa shape index (κ2) is 9.22. The maximum atomic E-state index is 12.4. The summed E-state index contributed by atoms with van der Waals surface area (Å²) in [6.45, 7) is 1.80. The van der Waals surface area contributed by atoms with E-state index in [0.717, 1.165) is 36.9 Å². The van der Waals surface area contributed by atoms with Crippen LogP contribution < -0.4 is 5.32 Å². The molecule has 0 bridgehead atoms. The lowest BCUT2D eigenvalue weighted by molar-refractivity contribution is -0.117. The monoisotopic (exact) mass is 404 g/mol. The molecule has 0 saturated heterocycles. The molecule has 0 radical (unpaired) electrons.